The molecule has 1 aliphatic rings. The van der Waals surface area contributed by atoms with Crippen LogP contribution in [0.15, 0.2) is 18.2 Å². The molecule has 3 unspecified atom stereocenters. The lowest BCUT2D eigenvalue weighted by Gasteiger charge is -2.28. The van der Waals surface area contributed by atoms with Gasteiger partial charge in [0.15, 0.2) is 0 Å². The average molecular weight is 332 g/mol. The standard InChI is InChI=1S/C20H32N2O2/c1-13(2)17-10-6-8-14(3)19(17)21-20(24)15(4)22(5)12-16-9-7-11-18(16)23/h6,8,10,13,15-16,18,23H,7,9,11-12H2,1-5H3,(H,21,24). The number of carbonyl (C=O) groups excluding carboxylic acids is 1. The van der Waals surface area contributed by atoms with E-state index in [9.17, 15) is 9.90 Å². The third-order valence-electron chi connectivity index (χ3n) is 5.36. The van der Waals surface area contributed by atoms with Crippen molar-refractivity contribution in [1.82, 2.24) is 4.90 Å². The zero-order chi connectivity index (χ0) is 17.9. The molecule has 1 aliphatic carbocycles. The number of aryl methyl sites for hydroxylation is 1. The minimum atomic E-state index is -0.225. The number of aliphatic hydroxyl groups excluding tert-OH is 1. The summed E-state index contributed by atoms with van der Waals surface area (Å²) in [5.74, 6) is 0.665. The molecular formula is C20H32N2O2. The number of nitrogens with one attached hydrogen (secondary N) is 1. The number of hydrogen-bond acceptors (Lipinski definition) is 3. The molecule has 1 aromatic carbocycles. The van der Waals surface area contributed by atoms with Crippen LogP contribution in [0, 0.1) is 12.8 Å². The molecule has 0 heterocycles. The molecule has 3 atom stereocenters. The van der Waals surface area contributed by atoms with Gasteiger partial charge in [-0.05, 0) is 56.7 Å². The van der Waals surface area contributed by atoms with Crippen molar-refractivity contribution >= 4 is 11.6 Å². The quantitative estimate of drug-likeness (QED) is 0.838. The molecular weight excluding hydrogens is 300 g/mol. The van der Waals surface area contributed by atoms with Crippen LogP contribution in [-0.2, 0) is 4.79 Å². The van der Waals surface area contributed by atoms with Crippen molar-refractivity contribution in [3.05, 3.63) is 29.3 Å². The average Bonchev–Trinajstić information content (AvgIpc) is 2.93. The zero-order valence-electron chi connectivity index (χ0n) is 15.7. The van der Waals surface area contributed by atoms with Gasteiger partial charge in [-0.15, -0.1) is 0 Å². The lowest BCUT2D eigenvalue weighted by Crippen LogP contribution is -2.43. The van der Waals surface area contributed by atoms with Crippen molar-refractivity contribution in [2.45, 2.75) is 65.0 Å². The number of para-hydroxylation sites is 1. The Morgan fingerprint density at radius 1 is 1.33 bits per heavy atom. The highest BCUT2D eigenvalue weighted by Crippen LogP contribution is 2.28. The van der Waals surface area contributed by atoms with Crippen LogP contribution >= 0.6 is 0 Å². The van der Waals surface area contributed by atoms with Gasteiger partial charge in [-0.1, -0.05) is 38.5 Å². The number of anilines is 1. The summed E-state index contributed by atoms with van der Waals surface area (Å²) in [4.78, 5) is 14.8. The van der Waals surface area contributed by atoms with Gasteiger partial charge in [0.05, 0.1) is 12.1 Å². The molecule has 134 valence electrons. The minimum absolute atomic E-state index is 0.0150. The van der Waals surface area contributed by atoms with Crippen LogP contribution in [-0.4, -0.2) is 41.7 Å². The predicted octanol–water partition coefficient (Wildman–Crippen LogP) is 3.54. The highest BCUT2D eigenvalue weighted by atomic mass is 16.3. The Bertz CT molecular complexity index is 571. The second kappa shape index (κ2) is 8.13. The van der Waals surface area contributed by atoms with Gasteiger partial charge in [-0.25, -0.2) is 0 Å². The van der Waals surface area contributed by atoms with E-state index in [1.165, 1.54) is 5.56 Å². The summed E-state index contributed by atoms with van der Waals surface area (Å²) in [6, 6.07) is 5.93. The number of hydrogen-bond donors (Lipinski definition) is 2. The van der Waals surface area contributed by atoms with Gasteiger partial charge >= 0.3 is 0 Å². The third-order valence-corrected chi connectivity index (χ3v) is 5.36. The van der Waals surface area contributed by atoms with E-state index in [4.69, 9.17) is 0 Å². The summed E-state index contributed by atoms with van der Waals surface area (Å²) in [7, 11) is 1.97. The van der Waals surface area contributed by atoms with Gasteiger partial charge in [0, 0.05) is 12.2 Å². The molecule has 0 aromatic heterocycles. The summed E-state index contributed by atoms with van der Waals surface area (Å²) in [5, 5.41) is 13.1. The van der Waals surface area contributed by atoms with E-state index in [1.54, 1.807) is 0 Å². The van der Waals surface area contributed by atoms with E-state index in [-0.39, 0.29) is 24.0 Å². The van der Waals surface area contributed by atoms with Gasteiger partial charge in [0.2, 0.25) is 5.91 Å². The fourth-order valence-corrected chi connectivity index (χ4v) is 3.53. The Morgan fingerprint density at radius 3 is 2.62 bits per heavy atom. The summed E-state index contributed by atoms with van der Waals surface area (Å²) >= 11 is 0. The fourth-order valence-electron chi connectivity index (χ4n) is 3.53. The molecule has 1 amide bonds. The predicted molar refractivity (Wildman–Crippen MR) is 99.3 cm³/mol. The van der Waals surface area contributed by atoms with Crippen molar-refractivity contribution in [2.24, 2.45) is 5.92 Å². The van der Waals surface area contributed by atoms with Gasteiger partial charge in [0.1, 0.15) is 0 Å². The van der Waals surface area contributed by atoms with Crippen molar-refractivity contribution in [3.8, 4) is 0 Å². The molecule has 1 fully saturated rings. The number of likely N-dealkylation sites (N-methyl/N-ethyl adjacent to an activating group) is 1. The molecule has 1 saturated carbocycles. The maximum Gasteiger partial charge on any atom is 0.241 e. The number of amides is 1. The van der Waals surface area contributed by atoms with Crippen molar-refractivity contribution in [2.75, 3.05) is 18.9 Å². The first kappa shape index (κ1) is 18.9. The molecule has 0 radical (unpaired) electrons. The Labute approximate surface area is 146 Å². The van der Waals surface area contributed by atoms with Crippen LogP contribution in [0.1, 0.15) is 57.1 Å². The second-order valence-corrected chi connectivity index (χ2v) is 7.56. The molecule has 4 heteroatoms. The van der Waals surface area contributed by atoms with Crippen LogP contribution in [0.4, 0.5) is 5.69 Å². The Kier molecular flexibility index (Phi) is 6.41. The van der Waals surface area contributed by atoms with Crippen LogP contribution in [0.3, 0.4) is 0 Å². The maximum atomic E-state index is 12.7. The molecule has 0 spiro atoms. The third kappa shape index (κ3) is 4.37. The summed E-state index contributed by atoms with van der Waals surface area (Å²) in [6.45, 7) is 9.01. The van der Waals surface area contributed by atoms with Crippen LogP contribution in [0.2, 0.25) is 0 Å². The summed E-state index contributed by atoms with van der Waals surface area (Å²) in [5.41, 5.74) is 3.21. The van der Waals surface area contributed by atoms with E-state index >= 15 is 0 Å². The molecule has 0 aliphatic heterocycles. The first-order valence-electron chi connectivity index (χ1n) is 9.10. The molecule has 1 aromatic rings. The van der Waals surface area contributed by atoms with Gasteiger partial charge < -0.3 is 10.4 Å². The molecule has 4 nitrogen and oxygen atoms in total. The SMILES string of the molecule is Cc1cccc(C(C)C)c1NC(=O)C(C)N(C)CC1CCCC1O. The second-order valence-electron chi connectivity index (χ2n) is 7.56. The summed E-state index contributed by atoms with van der Waals surface area (Å²) < 4.78 is 0. The molecule has 2 N–H and O–H groups in total. The van der Waals surface area contributed by atoms with E-state index in [1.807, 2.05) is 33.0 Å². The Balaban J connectivity index is 2.04. The molecule has 24 heavy (non-hydrogen) atoms. The molecule has 2 rings (SSSR count). The lowest BCUT2D eigenvalue weighted by atomic mass is 9.98. The zero-order valence-corrected chi connectivity index (χ0v) is 15.7. The normalized spacial score (nSPS) is 22.2. The van der Waals surface area contributed by atoms with Gasteiger partial charge in [-0.2, -0.15) is 0 Å². The fraction of sp³-hybridized carbons (Fsp3) is 0.650. The van der Waals surface area contributed by atoms with Gasteiger partial charge in [-0.3, -0.25) is 9.69 Å². The van der Waals surface area contributed by atoms with Crippen LogP contribution in [0.5, 0.6) is 0 Å². The number of nitrogens with zero attached hydrogens (tertiary/aromatic N) is 1. The van der Waals surface area contributed by atoms with E-state index in [0.29, 0.717) is 5.92 Å². The number of carbonyl (C=O) groups is 1. The smallest absolute Gasteiger partial charge is 0.241 e. The van der Waals surface area contributed by atoms with Crippen molar-refractivity contribution in [3.63, 3.8) is 0 Å². The van der Waals surface area contributed by atoms with Crippen LogP contribution in [0.25, 0.3) is 0 Å². The highest BCUT2D eigenvalue weighted by Gasteiger charge is 2.29. The monoisotopic (exact) mass is 332 g/mol. The highest BCUT2D eigenvalue weighted by molar-refractivity contribution is 5.96. The van der Waals surface area contributed by atoms with Crippen LogP contribution < -0.4 is 5.32 Å². The van der Waals surface area contributed by atoms with Crippen molar-refractivity contribution < 1.29 is 9.90 Å². The number of benzene rings is 1. The van der Waals surface area contributed by atoms with E-state index < -0.39 is 0 Å². The Hall–Kier alpha value is -1.39. The Morgan fingerprint density at radius 2 is 2.04 bits per heavy atom. The molecule has 0 bridgehead atoms. The minimum Gasteiger partial charge on any atom is -0.393 e. The van der Waals surface area contributed by atoms with Gasteiger partial charge in [0.25, 0.3) is 0 Å². The molecule has 0 saturated heterocycles. The topological polar surface area (TPSA) is 52.6 Å². The van der Waals surface area contributed by atoms with E-state index in [0.717, 1.165) is 37.1 Å². The lowest BCUT2D eigenvalue weighted by molar-refractivity contribution is -0.120. The summed E-state index contributed by atoms with van der Waals surface area (Å²) in [6.07, 6.45) is 2.81. The first-order valence-corrected chi connectivity index (χ1v) is 9.10. The largest absolute Gasteiger partial charge is 0.393 e. The number of rotatable bonds is 6. The number of aliphatic hydroxyl groups is 1. The first-order chi connectivity index (χ1) is 11.3. The van der Waals surface area contributed by atoms with Crippen molar-refractivity contribution in [1.29, 1.82) is 0 Å². The maximum absolute atomic E-state index is 12.7. The van der Waals surface area contributed by atoms with E-state index in [2.05, 4.69) is 30.1 Å².